The number of carbonyl (C=O) groups is 4. The molecule has 1 aliphatic heterocycles. The highest BCUT2D eigenvalue weighted by Gasteiger charge is 2.62. The number of ether oxygens (including phenoxy) is 2. The van der Waals surface area contributed by atoms with Crippen molar-refractivity contribution in [1.82, 2.24) is 19.9 Å². The van der Waals surface area contributed by atoms with Crippen molar-refractivity contribution in [2.24, 2.45) is 17.1 Å². The molecule has 5 atom stereocenters. The van der Waals surface area contributed by atoms with Gasteiger partial charge in [-0.1, -0.05) is 44.5 Å². The summed E-state index contributed by atoms with van der Waals surface area (Å²) in [6.07, 6.45) is 3.32. The van der Waals surface area contributed by atoms with E-state index >= 15 is 0 Å². The van der Waals surface area contributed by atoms with E-state index in [-0.39, 0.29) is 30.8 Å². The zero-order valence-corrected chi connectivity index (χ0v) is 31.4. The topological polar surface area (TPSA) is 199 Å². The number of rotatable bonds is 13. The number of nitrogens with one attached hydrogen (secondary N) is 3. The summed E-state index contributed by atoms with van der Waals surface area (Å²) in [5.41, 5.74) is 3.94. The first-order valence-corrected chi connectivity index (χ1v) is 19.2. The lowest BCUT2D eigenvalue weighted by molar-refractivity contribution is -0.141. The quantitative estimate of drug-likeness (QED) is 0.187. The number of primary amides is 1. The lowest BCUT2D eigenvalue weighted by Crippen LogP contribution is -2.58. The van der Waals surface area contributed by atoms with Crippen LogP contribution in [0.15, 0.2) is 61.3 Å². The SMILES string of the molecule is C=C[C@@H]1C[C@]1(NC(=O)[C@@H]1C[C@@H](Oc2ncc(OC)c3ccc(Cl)cc23)CN1C(=O)[C@@H](Nc1cccc(C(N)=O)c1)C(C)(C)C)C(=O)NS(=O)(=O)C1CC1. The molecular weight excluding hydrogens is 724 g/mol. The fourth-order valence-electron chi connectivity index (χ4n) is 6.72. The number of benzene rings is 2. The van der Waals surface area contributed by atoms with E-state index in [1.165, 1.54) is 24.3 Å². The first-order valence-electron chi connectivity index (χ1n) is 17.2. The molecule has 2 aliphatic carbocycles. The molecule has 282 valence electrons. The van der Waals surface area contributed by atoms with Crippen molar-refractivity contribution in [3.05, 3.63) is 71.9 Å². The van der Waals surface area contributed by atoms with Crippen LogP contribution in [0.3, 0.4) is 0 Å². The predicted octanol–water partition coefficient (Wildman–Crippen LogP) is 3.54. The van der Waals surface area contributed by atoms with Crippen molar-refractivity contribution >= 4 is 61.7 Å². The molecule has 6 rings (SSSR count). The van der Waals surface area contributed by atoms with Crippen LogP contribution in [0.2, 0.25) is 5.02 Å². The number of hydrogen-bond donors (Lipinski definition) is 4. The van der Waals surface area contributed by atoms with E-state index < -0.39 is 74.0 Å². The maximum Gasteiger partial charge on any atom is 0.259 e. The molecule has 2 heterocycles. The Morgan fingerprint density at radius 2 is 1.87 bits per heavy atom. The fraction of sp³-hybridized carbons (Fsp3) is 0.432. The Labute approximate surface area is 312 Å². The Morgan fingerprint density at radius 3 is 2.49 bits per heavy atom. The number of fused-ring (bicyclic) bond motifs is 1. The summed E-state index contributed by atoms with van der Waals surface area (Å²) in [4.78, 5) is 60.3. The van der Waals surface area contributed by atoms with Gasteiger partial charge in [0.25, 0.3) is 5.91 Å². The second kappa shape index (κ2) is 14.2. The minimum absolute atomic E-state index is 0.0121. The number of nitrogens with two attached hydrogens (primary N) is 1. The average molecular weight is 767 g/mol. The van der Waals surface area contributed by atoms with Crippen LogP contribution in [0.1, 0.15) is 56.8 Å². The standard InChI is InChI=1S/C37H43ClN6O8S/c1-6-21-17-37(21,35(48)43-53(49,50)25-11-12-25)42-32(46)28-16-24(52-33-27-15-22(38)10-13-26(27)29(51-5)18-40-33)19-44(28)34(47)30(36(2,3)4)41-23-9-7-8-20(14-23)31(39)45/h6-10,13-15,18,21,24-25,28,30,41H,1,11-12,16-17,19H2,2-5H3,(H2,39,45)(H,42,46)(H,43,48)/t21-,24-,28+,30-,37-/m1/s1. The van der Waals surface area contributed by atoms with Crippen LogP contribution in [-0.4, -0.2) is 84.6 Å². The summed E-state index contributed by atoms with van der Waals surface area (Å²) >= 11 is 6.34. The zero-order chi connectivity index (χ0) is 38.5. The molecule has 5 N–H and O–H groups in total. The molecule has 0 unspecified atom stereocenters. The number of aromatic nitrogens is 1. The second-order valence-corrected chi connectivity index (χ2v) is 17.3. The molecule has 2 saturated carbocycles. The highest BCUT2D eigenvalue weighted by molar-refractivity contribution is 7.91. The van der Waals surface area contributed by atoms with Crippen LogP contribution in [0.5, 0.6) is 11.6 Å². The van der Waals surface area contributed by atoms with Gasteiger partial charge in [0.15, 0.2) is 0 Å². The summed E-state index contributed by atoms with van der Waals surface area (Å²) < 4.78 is 39.5. The Hall–Kier alpha value is -4.89. The normalized spacial score (nSPS) is 23.1. The minimum Gasteiger partial charge on any atom is -0.494 e. The van der Waals surface area contributed by atoms with E-state index in [9.17, 15) is 27.6 Å². The van der Waals surface area contributed by atoms with Crippen LogP contribution in [0.4, 0.5) is 5.69 Å². The number of likely N-dealkylation sites (tertiary alicyclic amines) is 1. The molecule has 53 heavy (non-hydrogen) atoms. The number of halogens is 1. The van der Waals surface area contributed by atoms with Gasteiger partial charge in [-0.05, 0) is 61.1 Å². The molecule has 3 aromatic rings. The number of sulfonamides is 1. The summed E-state index contributed by atoms with van der Waals surface area (Å²) in [5.74, 6) is -2.41. The number of hydrogen-bond acceptors (Lipinski definition) is 10. The lowest BCUT2D eigenvalue weighted by Gasteiger charge is -2.36. The van der Waals surface area contributed by atoms with Gasteiger partial charge in [0.2, 0.25) is 33.6 Å². The molecule has 1 aromatic heterocycles. The monoisotopic (exact) mass is 766 g/mol. The first-order chi connectivity index (χ1) is 25.0. The number of anilines is 1. The van der Waals surface area contributed by atoms with E-state index in [4.69, 9.17) is 26.8 Å². The van der Waals surface area contributed by atoms with Crippen molar-refractivity contribution in [1.29, 1.82) is 0 Å². The van der Waals surface area contributed by atoms with Crippen LogP contribution >= 0.6 is 11.6 Å². The smallest absolute Gasteiger partial charge is 0.259 e. The highest BCUT2D eigenvalue weighted by atomic mass is 35.5. The van der Waals surface area contributed by atoms with E-state index in [0.717, 1.165) is 0 Å². The maximum absolute atomic E-state index is 14.7. The van der Waals surface area contributed by atoms with Crippen LogP contribution in [0.25, 0.3) is 10.8 Å². The van der Waals surface area contributed by atoms with E-state index in [0.29, 0.717) is 40.1 Å². The van der Waals surface area contributed by atoms with Gasteiger partial charge in [0.05, 0.1) is 25.1 Å². The third kappa shape index (κ3) is 7.77. The Morgan fingerprint density at radius 1 is 1.13 bits per heavy atom. The van der Waals surface area contributed by atoms with Crippen molar-refractivity contribution in [3.8, 4) is 11.6 Å². The zero-order valence-electron chi connectivity index (χ0n) is 29.8. The summed E-state index contributed by atoms with van der Waals surface area (Å²) in [5, 5.41) is 7.08. The number of pyridine rings is 1. The fourth-order valence-corrected chi connectivity index (χ4v) is 8.25. The van der Waals surface area contributed by atoms with Gasteiger partial charge in [0.1, 0.15) is 29.5 Å². The summed E-state index contributed by atoms with van der Waals surface area (Å²) in [7, 11) is -2.39. The van der Waals surface area contributed by atoms with Crippen molar-refractivity contribution in [2.75, 3.05) is 19.0 Å². The lowest BCUT2D eigenvalue weighted by atomic mass is 9.85. The molecule has 3 aliphatic rings. The van der Waals surface area contributed by atoms with Crippen LogP contribution in [-0.2, 0) is 24.4 Å². The Balaban J connectivity index is 1.33. The molecule has 3 fully saturated rings. The molecule has 0 bridgehead atoms. The van der Waals surface area contributed by atoms with Gasteiger partial charge in [-0.2, -0.15) is 0 Å². The van der Waals surface area contributed by atoms with Crippen LogP contribution in [0, 0.1) is 11.3 Å². The largest absolute Gasteiger partial charge is 0.494 e. The minimum atomic E-state index is -3.91. The third-order valence-electron chi connectivity index (χ3n) is 9.94. The predicted molar refractivity (Wildman–Crippen MR) is 199 cm³/mol. The number of nitrogens with zero attached hydrogens (tertiary/aromatic N) is 2. The van der Waals surface area contributed by atoms with Crippen molar-refractivity contribution in [3.63, 3.8) is 0 Å². The molecule has 2 aromatic carbocycles. The van der Waals surface area contributed by atoms with E-state index in [2.05, 4.69) is 26.9 Å². The summed E-state index contributed by atoms with van der Waals surface area (Å²) in [6.45, 7) is 9.30. The average Bonchev–Trinajstić information content (AvgIpc) is 4.03. The van der Waals surface area contributed by atoms with Crippen LogP contribution < -0.4 is 30.6 Å². The molecule has 14 nitrogen and oxygen atoms in total. The molecule has 0 radical (unpaired) electrons. The van der Waals surface area contributed by atoms with Gasteiger partial charge < -0.3 is 30.7 Å². The summed E-state index contributed by atoms with van der Waals surface area (Å²) in [6, 6.07) is 9.56. The molecule has 0 spiro atoms. The molecule has 16 heteroatoms. The molecule has 4 amide bonds. The van der Waals surface area contributed by atoms with E-state index in [1.807, 2.05) is 20.8 Å². The van der Waals surface area contributed by atoms with Gasteiger partial charge >= 0.3 is 0 Å². The number of carbonyl (C=O) groups excluding carboxylic acids is 4. The van der Waals surface area contributed by atoms with Gasteiger partial charge in [0, 0.05) is 39.4 Å². The van der Waals surface area contributed by atoms with Gasteiger partial charge in [-0.15, -0.1) is 6.58 Å². The Kier molecular flexibility index (Phi) is 10.1. The van der Waals surface area contributed by atoms with Crippen molar-refractivity contribution < 1.29 is 37.1 Å². The maximum atomic E-state index is 14.7. The van der Waals surface area contributed by atoms with Crippen molar-refractivity contribution in [2.45, 2.75) is 75.4 Å². The number of amides is 4. The van der Waals surface area contributed by atoms with E-state index in [1.54, 1.807) is 42.5 Å². The highest BCUT2D eigenvalue weighted by Crippen LogP contribution is 2.46. The van der Waals surface area contributed by atoms with Gasteiger partial charge in [-0.3, -0.25) is 23.9 Å². The Bertz CT molecular complexity index is 2100. The van der Waals surface area contributed by atoms with Gasteiger partial charge in [-0.25, -0.2) is 13.4 Å². The second-order valence-electron chi connectivity index (χ2n) is 14.9. The first kappa shape index (κ1) is 37.9. The molecular formula is C37H43ClN6O8S. The third-order valence-corrected chi connectivity index (χ3v) is 12.0. The molecule has 1 saturated heterocycles. The number of methoxy groups -OCH3 is 1.